The quantitative estimate of drug-likeness (QED) is 0.180. The highest BCUT2D eigenvalue weighted by atomic mass is 32.2. The summed E-state index contributed by atoms with van der Waals surface area (Å²) in [7, 11) is 0. The summed E-state index contributed by atoms with van der Waals surface area (Å²) < 4.78 is 61.6. The molecule has 3 aromatic carbocycles. The third-order valence-electron chi connectivity index (χ3n) is 6.64. The predicted octanol–water partition coefficient (Wildman–Crippen LogP) is 6.64. The molecule has 0 unspecified atom stereocenters. The van der Waals surface area contributed by atoms with Crippen molar-refractivity contribution in [2.75, 3.05) is 29.2 Å². The lowest BCUT2D eigenvalue weighted by atomic mass is 10.1. The number of amides is 3. The zero-order chi connectivity index (χ0) is 32.8. The molecule has 4 aromatic rings. The molecule has 0 atom stereocenters. The number of rotatable bonds is 11. The first-order valence-corrected chi connectivity index (χ1v) is 14.9. The second-order valence-corrected chi connectivity index (χ2v) is 11.1. The highest BCUT2D eigenvalue weighted by molar-refractivity contribution is 8.15. The number of alkyl halides is 4. The van der Waals surface area contributed by atoms with E-state index in [1.165, 1.54) is 15.9 Å². The number of benzene rings is 3. The van der Waals surface area contributed by atoms with Crippen LogP contribution in [-0.2, 0) is 16.1 Å². The molecule has 5 rings (SSSR count). The van der Waals surface area contributed by atoms with Gasteiger partial charge in [-0.1, -0.05) is 23.9 Å². The van der Waals surface area contributed by atoms with Gasteiger partial charge in [-0.3, -0.25) is 9.69 Å². The summed E-state index contributed by atoms with van der Waals surface area (Å²) in [5.74, 6) is 0.482. The lowest BCUT2D eigenvalue weighted by Gasteiger charge is -2.20. The van der Waals surface area contributed by atoms with Gasteiger partial charge in [-0.05, 0) is 73.5 Å². The van der Waals surface area contributed by atoms with E-state index in [4.69, 9.17) is 9.47 Å². The maximum atomic E-state index is 13.0. The van der Waals surface area contributed by atoms with Crippen LogP contribution in [0.4, 0.5) is 33.7 Å². The van der Waals surface area contributed by atoms with Crippen molar-refractivity contribution < 1.29 is 36.6 Å². The molecule has 3 amide bonds. The Bertz CT molecular complexity index is 1750. The monoisotopic (exact) mass is 656 g/mol. The minimum atomic E-state index is -2.63. The van der Waals surface area contributed by atoms with E-state index in [9.17, 15) is 27.2 Å². The summed E-state index contributed by atoms with van der Waals surface area (Å²) in [5.41, 5.74) is 4.26. The topological polar surface area (TPSA) is 111 Å². The van der Waals surface area contributed by atoms with Gasteiger partial charge in [-0.25, -0.2) is 32.0 Å². The molecule has 0 saturated carbocycles. The van der Waals surface area contributed by atoms with Gasteiger partial charge in [0.2, 0.25) is 5.91 Å². The van der Waals surface area contributed by atoms with Crippen LogP contribution in [0.2, 0.25) is 0 Å². The van der Waals surface area contributed by atoms with E-state index in [2.05, 4.69) is 20.4 Å². The standard InChI is InChI=1S/C31H28F4N6O4S/c1-18-3-4-21(13-44-14-26(32)33)25(11-18)41-28(42)16-46-31(41)38-30(43)37-24-10-5-20(12-19(24)2)29-36-17-40(39-29)22-6-8-23(9-7-22)45-15-27(34)35/h3-12,17,26-27H,13-16H2,1-2H3,(H,37,43)/b38-31-. The summed E-state index contributed by atoms with van der Waals surface area (Å²) in [4.78, 5) is 35.6. The van der Waals surface area contributed by atoms with Gasteiger partial charge in [-0.2, -0.15) is 4.99 Å². The zero-order valence-electron chi connectivity index (χ0n) is 24.6. The number of ether oxygens (including phenoxy) is 2. The normalized spacial score (nSPS) is 14.1. The first-order chi connectivity index (χ1) is 22.1. The molecule has 10 nitrogen and oxygen atoms in total. The van der Waals surface area contributed by atoms with E-state index in [0.717, 1.165) is 17.3 Å². The van der Waals surface area contributed by atoms with Gasteiger partial charge in [-0.15, -0.1) is 5.10 Å². The third-order valence-corrected chi connectivity index (χ3v) is 7.56. The number of anilines is 2. The molecule has 1 aromatic heterocycles. The molecule has 1 aliphatic heterocycles. The average molecular weight is 657 g/mol. The average Bonchev–Trinajstić information content (AvgIpc) is 3.65. The van der Waals surface area contributed by atoms with Crippen LogP contribution in [0.1, 0.15) is 16.7 Å². The molecule has 0 bridgehead atoms. The minimum absolute atomic E-state index is 0.0569. The fraction of sp³-hybridized carbons (Fsp3) is 0.258. The Hall–Kier alpha value is -4.76. The number of nitrogens with zero attached hydrogens (tertiary/aromatic N) is 5. The number of carbonyl (C=O) groups is 2. The number of amidine groups is 1. The van der Waals surface area contributed by atoms with E-state index in [1.54, 1.807) is 67.6 Å². The predicted molar refractivity (Wildman–Crippen MR) is 166 cm³/mol. The van der Waals surface area contributed by atoms with Crippen molar-refractivity contribution in [1.29, 1.82) is 0 Å². The van der Waals surface area contributed by atoms with Gasteiger partial charge in [0.05, 0.1) is 23.7 Å². The SMILES string of the molecule is Cc1ccc(COCC(F)F)c(N2C(=O)CS/C2=N\C(=O)Nc2ccc(-c3ncn(-c4ccc(OCC(F)F)cc4)n3)cc2C)c1. The Balaban J connectivity index is 1.28. The lowest BCUT2D eigenvalue weighted by Crippen LogP contribution is -2.31. The van der Waals surface area contributed by atoms with Crippen molar-refractivity contribution in [2.24, 2.45) is 4.99 Å². The maximum absolute atomic E-state index is 13.0. The molecular formula is C31H28F4N6O4S. The van der Waals surface area contributed by atoms with E-state index in [0.29, 0.717) is 45.3 Å². The first-order valence-electron chi connectivity index (χ1n) is 13.9. The molecule has 2 heterocycles. The first kappa shape index (κ1) is 32.6. The molecule has 1 saturated heterocycles. The Morgan fingerprint density at radius 3 is 2.50 bits per heavy atom. The summed E-state index contributed by atoms with van der Waals surface area (Å²) in [5, 5.41) is 7.38. The van der Waals surface area contributed by atoms with Crippen molar-refractivity contribution >= 4 is 40.2 Å². The van der Waals surface area contributed by atoms with Crippen molar-refractivity contribution in [1.82, 2.24) is 14.8 Å². The number of halogens is 4. The number of aryl methyl sites for hydroxylation is 2. The Morgan fingerprint density at radius 1 is 1.02 bits per heavy atom. The number of hydrogen-bond donors (Lipinski definition) is 1. The largest absolute Gasteiger partial charge is 0.488 e. The van der Waals surface area contributed by atoms with Crippen LogP contribution in [0.3, 0.4) is 0 Å². The summed E-state index contributed by atoms with van der Waals surface area (Å²) >= 11 is 1.09. The molecule has 1 N–H and O–H groups in total. The summed E-state index contributed by atoms with van der Waals surface area (Å²) in [6.45, 7) is 2.04. The van der Waals surface area contributed by atoms with Gasteiger partial charge in [0.1, 0.15) is 25.3 Å². The lowest BCUT2D eigenvalue weighted by molar-refractivity contribution is -0.115. The smallest absolute Gasteiger partial charge is 0.347 e. The molecule has 0 aliphatic carbocycles. The van der Waals surface area contributed by atoms with Crippen molar-refractivity contribution in [3.05, 3.63) is 83.7 Å². The molecule has 15 heteroatoms. The maximum Gasteiger partial charge on any atom is 0.347 e. The van der Waals surface area contributed by atoms with E-state index < -0.39 is 32.1 Å². The molecular weight excluding hydrogens is 628 g/mol. The third kappa shape index (κ3) is 8.09. The van der Waals surface area contributed by atoms with Gasteiger partial charge in [0.15, 0.2) is 11.0 Å². The van der Waals surface area contributed by atoms with Crippen LogP contribution < -0.4 is 15.0 Å². The Labute approximate surface area is 265 Å². The van der Waals surface area contributed by atoms with Gasteiger partial charge in [0.25, 0.3) is 12.9 Å². The molecule has 46 heavy (non-hydrogen) atoms. The number of nitrogens with one attached hydrogen (secondary N) is 1. The minimum Gasteiger partial charge on any atom is -0.488 e. The zero-order valence-corrected chi connectivity index (χ0v) is 25.4. The van der Waals surface area contributed by atoms with E-state index >= 15 is 0 Å². The van der Waals surface area contributed by atoms with Crippen LogP contribution >= 0.6 is 11.8 Å². The second kappa shape index (κ2) is 14.6. The number of thioether (sulfide) groups is 1. The number of carbonyl (C=O) groups excluding carboxylic acids is 2. The summed E-state index contributed by atoms with van der Waals surface area (Å²) in [6, 6.07) is 16.2. The van der Waals surface area contributed by atoms with Crippen molar-refractivity contribution in [3.8, 4) is 22.8 Å². The molecule has 240 valence electrons. The summed E-state index contributed by atoms with van der Waals surface area (Å²) in [6.07, 6.45) is -3.67. The van der Waals surface area contributed by atoms with E-state index in [-0.39, 0.29) is 23.4 Å². The number of aromatic nitrogens is 3. The molecule has 1 aliphatic rings. The van der Waals surface area contributed by atoms with Gasteiger partial charge < -0.3 is 14.8 Å². The molecule has 0 spiro atoms. The Kier molecular flexibility index (Phi) is 10.3. The van der Waals surface area contributed by atoms with Crippen LogP contribution in [-0.4, -0.2) is 63.7 Å². The second-order valence-electron chi connectivity index (χ2n) is 10.1. The van der Waals surface area contributed by atoms with Gasteiger partial charge in [0, 0.05) is 16.8 Å². The van der Waals surface area contributed by atoms with Crippen LogP contribution in [0.5, 0.6) is 5.75 Å². The van der Waals surface area contributed by atoms with Gasteiger partial charge >= 0.3 is 6.03 Å². The number of aliphatic imine (C=N–C) groups is 1. The van der Waals surface area contributed by atoms with Crippen molar-refractivity contribution in [2.45, 2.75) is 33.3 Å². The fourth-order valence-corrected chi connectivity index (χ4v) is 5.35. The Morgan fingerprint density at radius 2 is 1.78 bits per heavy atom. The molecule has 1 fully saturated rings. The highest BCUT2D eigenvalue weighted by Gasteiger charge is 2.32. The van der Waals surface area contributed by atoms with Crippen LogP contribution in [0.15, 0.2) is 72.0 Å². The van der Waals surface area contributed by atoms with Crippen LogP contribution in [0, 0.1) is 13.8 Å². The van der Waals surface area contributed by atoms with E-state index in [1.807, 2.05) is 6.92 Å². The molecule has 0 radical (unpaired) electrons. The van der Waals surface area contributed by atoms with Crippen molar-refractivity contribution in [3.63, 3.8) is 0 Å². The van der Waals surface area contributed by atoms with Crippen LogP contribution in [0.25, 0.3) is 17.1 Å². The number of hydrogen-bond acceptors (Lipinski definition) is 7. The highest BCUT2D eigenvalue weighted by Crippen LogP contribution is 2.32. The fourth-order valence-electron chi connectivity index (χ4n) is 4.49. The number of urea groups is 1.